The summed E-state index contributed by atoms with van der Waals surface area (Å²) < 4.78 is 5.38. The molecular weight excluding hydrogens is 528 g/mol. The molecule has 0 atom stereocenters. The first-order valence-electron chi connectivity index (χ1n) is 13.2. The number of rotatable bonds is 11. The fourth-order valence-corrected chi connectivity index (χ4v) is 4.13. The van der Waals surface area contributed by atoms with Gasteiger partial charge in [0.05, 0.1) is 13.2 Å². The Morgan fingerprint density at radius 2 is 1.76 bits per heavy atom. The third kappa shape index (κ3) is 8.13. The lowest BCUT2D eigenvalue weighted by atomic mass is 10.1. The van der Waals surface area contributed by atoms with E-state index in [0.717, 1.165) is 12.1 Å². The summed E-state index contributed by atoms with van der Waals surface area (Å²) in [5.41, 5.74) is 2.19. The molecule has 1 aliphatic heterocycles. The molecule has 41 heavy (non-hydrogen) atoms. The van der Waals surface area contributed by atoms with E-state index in [1.807, 2.05) is 23.9 Å². The lowest BCUT2D eigenvalue weighted by molar-refractivity contribution is -0.105. The second kappa shape index (κ2) is 14.1. The number of carbonyl (C=O) groups is 3. The molecule has 1 aromatic heterocycles. The van der Waals surface area contributed by atoms with Crippen LogP contribution in [0.5, 0.6) is 0 Å². The molecule has 0 spiro atoms. The fourth-order valence-electron chi connectivity index (χ4n) is 4.13. The molecule has 4 rings (SSSR count). The van der Waals surface area contributed by atoms with Gasteiger partial charge in [-0.2, -0.15) is 0 Å². The molecule has 2 aromatic carbocycles. The summed E-state index contributed by atoms with van der Waals surface area (Å²) in [6.45, 7) is 3.66. The molecule has 2 heterocycles. The highest BCUT2D eigenvalue weighted by atomic mass is 16.5. The number of amides is 4. The van der Waals surface area contributed by atoms with Crippen LogP contribution in [0.2, 0.25) is 0 Å². The topological polar surface area (TPSA) is 161 Å². The summed E-state index contributed by atoms with van der Waals surface area (Å²) in [5, 5.41) is 10.9. The summed E-state index contributed by atoms with van der Waals surface area (Å²) in [4.78, 5) is 59.6. The van der Waals surface area contributed by atoms with Crippen molar-refractivity contribution in [2.45, 2.75) is 6.54 Å². The standard InChI is InChI=1S/C28H34N8O5/c1-35(2)12-11-29-26(38)21-5-3-19(4-6-21)17-30-28(40)32-22-9-7-20(8-10-22)24-33-25(36-13-15-41-16-14-36)23(31-18-37)27(39)34-24/h3-10,18H,11-17H2,1-2H3,(H,29,38)(H,31,37)(H2,30,32,40)(H,33,34,39). The summed E-state index contributed by atoms with van der Waals surface area (Å²) >= 11 is 0. The number of aromatic nitrogens is 2. The number of morpholine rings is 1. The lowest BCUT2D eigenvalue weighted by Crippen LogP contribution is -2.38. The Balaban J connectivity index is 1.34. The first-order valence-corrected chi connectivity index (χ1v) is 13.2. The van der Waals surface area contributed by atoms with Gasteiger partial charge in [-0.1, -0.05) is 12.1 Å². The highest BCUT2D eigenvalue weighted by Crippen LogP contribution is 2.25. The zero-order valence-electron chi connectivity index (χ0n) is 23.0. The number of nitrogens with zero attached hydrogens (tertiary/aromatic N) is 3. The number of carbonyl (C=O) groups excluding carboxylic acids is 3. The van der Waals surface area contributed by atoms with E-state index in [1.165, 1.54) is 0 Å². The van der Waals surface area contributed by atoms with Crippen LogP contribution in [0.1, 0.15) is 15.9 Å². The van der Waals surface area contributed by atoms with Crippen LogP contribution in [0, 0.1) is 0 Å². The molecule has 0 saturated carbocycles. The Hall–Kier alpha value is -4.75. The molecule has 1 fully saturated rings. The third-order valence-electron chi connectivity index (χ3n) is 6.34. The predicted octanol–water partition coefficient (Wildman–Crippen LogP) is 1.45. The Morgan fingerprint density at radius 1 is 1.05 bits per heavy atom. The fraction of sp³-hybridized carbons (Fsp3) is 0.321. The van der Waals surface area contributed by atoms with E-state index in [-0.39, 0.29) is 18.1 Å². The highest BCUT2D eigenvalue weighted by molar-refractivity contribution is 5.94. The van der Waals surface area contributed by atoms with Crippen LogP contribution in [0.4, 0.5) is 22.0 Å². The quantitative estimate of drug-likeness (QED) is 0.220. The van der Waals surface area contributed by atoms with Gasteiger partial charge in [0, 0.05) is 49.5 Å². The molecule has 13 nitrogen and oxygen atoms in total. The van der Waals surface area contributed by atoms with Crippen LogP contribution in [-0.2, 0) is 16.1 Å². The van der Waals surface area contributed by atoms with Crippen LogP contribution < -0.4 is 31.7 Å². The van der Waals surface area contributed by atoms with Gasteiger partial charge in [0.25, 0.3) is 11.5 Å². The zero-order valence-corrected chi connectivity index (χ0v) is 23.0. The third-order valence-corrected chi connectivity index (χ3v) is 6.34. The van der Waals surface area contributed by atoms with E-state index in [2.05, 4.69) is 31.2 Å². The van der Waals surface area contributed by atoms with Crippen molar-refractivity contribution in [2.75, 3.05) is 69.0 Å². The van der Waals surface area contributed by atoms with E-state index >= 15 is 0 Å². The molecule has 4 amide bonds. The second-order valence-electron chi connectivity index (χ2n) is 9.62. The van der Waals surface area contributed by atoms with E-state index in [1.54, 1.807) is 48.5 Å². The van der Waals surface area contributed by atoms with Crippen LogP contribution in [-0.4, -0.2) is 86.7 Å². The number of urea groups is 1. The van der Waals surface area contributed by atoms with E-state index < -0.39 is 11.6 Å². The van der Waals surface area contributed by atoms with Crippen LogP contribution in [0.15, 0.2) is 53.3 Å². The van der Waals surface area contributed by atoms with Crippen molar-refractivity contribution < 1.29 is 19.1 Å². The first kappa shape index (κ1) is 29.2. The molecule has 5 N–H and O–H groups in total. The van der Waals surface area contributed by atoms with Crippen molar-refractivity contribution in [2.24, 2.45) is 0 Å². The van der Waals surface area contributed by atoms with Gasteiger partial charge >= 0.3 is 6.03 Å². The lowest BCUT2D eigenvalue weighted by Gasteiger charge is -2.29. The molecule has 13 heteroatoms. The molecule has 3 aromatic rings. The summed E-state index contributed by atoms with van der Waals surface area (Å²) in [7, 11) is 3.89. The molecule has 1 saturated heterocycles. The monoisotopic (exact) mass is 562 g/mol. The van der Waals surface area contributed by atoms with Gasteiger partial charge in [0.2, 0.25) is 6.41 Å². The van der Waals surface area contributed by atoms with Crippen molar-refractivity contribution in [1.82, 2.24) is 25.5 Å². The normalized spacial score (nSPS) is 13.0. The Labute approximate surface area is 237 Å². The van der Waals surface area contributed by atoms with Crippen LogP contribution in [0.25, 0.3) is 11.4 Å². The number of benzene rings is 2. The number of hydrogen-bond donors (Lipinski definition) is 5. The van der Waals surface area contributed by atoms with Crippen molar-refractivity contribution in [1.29, 1.82) is 0 Å². The first-order chi connectivity index (χ1) is 19.8. The van der Waals surface area contributed by atoms with Gasteiger partial charge in [0.15, 0.2) is 5.82 Å². The van der Waals surface area contributed by atoms with E-state index in [9.17, 15) is 19.2 Å². The maximum atomic E-state index is 12.7. The molecule has 0 aliphatic carbocycles. The second-order valence-corrected chi connectivity index (χ2v) is 9.62. The molecule has 1 aliphatic rings. The number of hydrogen-bond acceptors (Lipinski definition) is 8. The Bertz CT molecular complexity index is 1400. The smallest absolute Gasteiger partial charge is 0.319 e. The minimum absolute atomic E-state index is 0.0820. The van der Waals surface area contributed by atoms with E-state index in [0.29, 0.717) is 67.7 Å². The summed E-state index contributed by atoms with van der Waals surface area (Å²) in [6.07, 6.45) is 0.448. The van der Waals surface area contributed by atoms with Gasteiger partial charge in [-0.3, -0.25) is 14.4 Å². The molecule has 216 valence electrons. The van der Waals surface area contributed by atoms with Crippen LogP contribution >= 0.6 is 0 Å². The van der Waals surface area contributed by atoms with E-state index in [4.69, 9.17) is 4.74 Å². The molecule has 0 radical (unpaired) electrons. The number of anilines is 3. The van der Waals surface area contributed by atoms with Gasteiger partial charge < -0.3 is 40.8 Å². The molecular formula is C28H34N8O5. The maximum absolute atomic E-state index is 12.7. The zero-order chi connectivity index (χ0) is 29.2. The van der Waals surface area contributed by atoms with Crippen molar-refractivity contribution >= 4 is 35.5 Å². The van der Waals surface area contributed by atoms with Gasteiger partial charge in [-0.25, -0.2) is 9.78 Å². The molecule has 0 bridgehead atoms. The summed E-state index contributed by atoms with van der Waals surface area (Å²) in [5.74, 6) is 0.565. The number of nitrogens with one attached hydrogen (secondary N) is 5. The van der Waals surface area contributed by atoms with Gasteiger partial charge in [-0.05, 0) is 56.1 Å². The molecule has 0 unspecified atom stereocenters. The number of H-pyrrole nitrogens is 1. The van der Waals surface area contributed by atoms with Gasteiger partial charge in [-0.15, -0.1) is 0 Å². The van der Waals surface area contributed by atoms with Crippen molar-refractivity contribution in [3.63, 3.8) is 0 Å². The number of aromatic amines is 1. The Morgan fingerprint density at radius 3 is 2.41 bits per heavy atom. The highest BCUT2D eigenvalue weighted by Gasteiger charge is 2.20. The van der Waals surface area contributed by atoms with Crippen molar-refractivity contribution in [3.05, 3.63) is 70.0 Å². The van der Waals surface area contributed by atoms with Crippen molar-refractivity contribution in [3.8, 4) is 11.4 Å². The SMILES string of the molecule is CN(C)CCNC(=O)c1ccc(CNC(=O)Nc2ccc(-c3nc(N4CCOCC4)c(NC=O)c(=O)[nH]3)cc2)cc1. The number of ether oxygens (including phenoxy) is 1. The minimum atomic E-state index is -0.469. The van der Waals surface area contributed by atoms with Crippen LogP contribution in [0.3, 0.4) is 0 Å². The van der Waals surface area contributed by atoms with Gasteiger partial charge in [0.1, 0.15) is 11.5 Å². The maximum Gasteiger partial charge on any atom is 0.319 e. The predicted molar refractivity (Wildman–Crippen MR) is 156 cm³/mol. The minimum Gasteiger partial charge on any atom is -0.378 e. The average Bonchev–Trinajstić information content (AvgIpc) is 2.98. The Kier molecular flexibility index (Phi) is 10.0. The average molecular weight is 563 g/mol. The largest absolute Gasteiger partial charge is 0.378 e. The number of likely N-dealkylation sites (N-methyl/N-ethyl adjacent to an activating group) is 1. The summed E-state index contributed by atoms with van der Waals surface area (Å²) in [6, 6.07) is 13.5.